The van der Waals surface area contributed by atoms with Gasteiger partial charge in [0.05, 0.1) is 12.2 Å². The summed E-state index contributed by atoms with van der Waals surface area (Å²) in [6.45, 7) is 4.28. The normalized spacial score (nSPS) is 56.2. The fourth-order valence-corrected chi connectivity index (χ4v) is 4.35. The predicted molar refractivity (Wildman–Crippen MR) is 60.0 cm³/mol. The standard InChI is InChI=1S/C13H18O5/c1-3-5-7-8(6(4-2)15-5)10-12-11(9(7)16-10)17-13(14)18-12/h5-12H,3-4H2,1-2H3. The van der Waals surface area contributed by atoms with Crippen LogP contribution in [0, 0.1) is 11.8 Å². The lowest BCUT2D eigenvalue weighted by atomic mass is 9.73. The molecule has 4 saturated heterocycles. The van der Waals surface area contributed by atoms with Crippen molar-refractivity contribution >= 4 is 6.16 Å². The Morgan fingerprint density at radius 2 is 1.33 bits per heavy atom. The van der Waals surface area contributed by atoms with Crippen molar-refractivity contribution in [3.63, 3.8) is 0 Å². The van der Waals surface area contributed by atoms with Crippen LogP contribution in [-0.2, 0) is 18.9 Å². The molecule has 4 fully saturated rings. The molecule has 8 atom stereocenters. The number of fused-ring (bicyclic) bond motifs is 8. The molecule has 4 aliphatic rings. The highest BCUT2D eigenvalue weighted by Crippen LogP contribution is 2.55. The van der Waals surface area contributed by atoms with Crippen LogP contribution in [0.25, 0.3) is 0 Å². The molecule has 4 rings (SSSR count). The Morgan fingerprint density at radius 1 is 0.833 bits per heavy atom. The molecule has 0 aromatic carbocycles. The lowest BCUT2D eigenvalue weighted by molar-refractivity contribution is -0.0540. The van der Waals surface area contributed by atoms with E-state index in [1.54, 1.807) is 0 Å². The van der Waals surface area contributed by atoms with Crippen LogP contribution in [0.2, 0.25) is 0 Å². The van der Waals surface area contributed by atoms with Gasteiger partial charge in [-0.15, -0.1) is 0 Å². The lowest BCUT2D eigenvalue weighted by Gasteiger charge is -2.29. The highest BCUT2D eigenvalue weighted by molar-refractivity contribution is 5.63. The third-order valence-electron chi connectivity index (χ3n) is 4.97. The minimum Gasteiger partial charge on any atom is -0.424 e. The zero-order valence-corrected chi connectivity index (χ0v) is 10.6. The molecule has 0 aromatic heterocycles. The first kappa shape index (κ1) is 11.1. The average molecular weight is 254 g/mol. The van der Waals surface area contributed by atoms with E-state index >= 15 is 0 Å². The molecule has 2 bridgehead atoms. The van der Waals surface area contributed by atoms with Gasteiger partial charge < -0.3 is 18.9 Å². The van der Waals surface area contributed by atoms with Crippen molar-refractivity contribution in [1.82, 2.24) is 0 Å². The molecule has 100 valence electrons. The molecule has 0 spiro atoms. The molecular formula is C13H18O5. The SMILES string of the molecule is CCC1OC(CC)C2C3OC(C4OC(=O)OC43)C12. The van der Waals surface area contributed by atoms with E-state index in [1.807, 2.05) is 0 Å². The number of ether oxygens (including phenoxy) is 4. The van der Waals surface area contributed by atoms with Crippen LogP contribution >= 0.6 is 0 Å². The van der Waals surface area contributed by atoms with Crippen molar-refractivity contribution < 1.29 is 23.7 Å². The highest BCUT2D eigenvalue weighted by Gasteiger charge is 2.70. The van der Waals surface area contributed by atoms with Crippen molar-refractivity contribution in [1.29, 1.82) is 0 Å². The monoisotopic (exact) mass is 254 g/mol. The maximum absolute atomic E-state index is 11.3. The van der Waals surface area contributed by atoms with Crippen LogP contribution < -0.4 is 0 Å². The van der Waals surface area contributed by atoms with E-state index in [2.05, 4.69) is 13.8 Å². The summed E-state index contributed by atoms with van der Waals surface area (Å²) in [5.41, 5.74) is 0. The predicted octanol–water partition coefficient (Wildman–Crippen LogP) is 1.49. The van der Waals surface area contributed by atoms with Crippen LogP contribution in [0.15, 0.2) is 0 Å². The number of carbonyl (C=O) groups excluding carboxylic acids is 1. The van der Waals surface area contributed by atoms with Gasteiger partial charge in [0.25, 0.3) is 0 Å². The summed E-state index contributed by atoms with van der Waals surface area (Å²) in [4.78, 5) is 11.3. The van der Waals surface area contributed by atoms with Crippen molar-refractivity contribution in [2.24, 2.45) is 11.8 Å². The van der Waals surface area contributed by atoms with Crippen molar-refractivity contribution in [3.05, 3.63) is 0 Å². The van der Waals surface area contributed by atoms with Gasteiger partial charge in [0, 0.05) is 11.8 Å². The van der Waals surface area contributed by atoms with Gasteiger partial charge in [-0.2, -0.15) is 0 Å². The van der Waals surface area contributed by atoms with Crippen molar-refractivity contribution in [2.75, 3.05) is 0 Å². The van der Waals surface area contributed by atoms with E-state index in [0.29, 0.717) is 11.8 Å². The molecule has 0 aliphatic carbocycles. The lowest BCUT2D eigenvalue weighted by Crippen LogP contribution is -2.47. The molecule has 4 aliphatic heterocycles. The molecule has 0 radical (unpaired) electrons. The molecular weight excluding hydrogens is 236 g/mol. The molecule has 18 heavy (non-hydrogen) atoms. The Kier molecular flexibility index (Phi) is 2.21. The third-order valence-corrected chi connectivity index (χ3v) is 4.97. The van der Waals surface area contributed by atoms with Gasteiger partial charge >= 0.3 is 6.16 Å². The summed E-state index contributed by atoms with van der Waals surface area (Å²) < 4.78 is 22.7. The average Bonchev–Trinajstić information content (AvgIpc) is 3.03. The fraction of sp³-hybridized carbons (Fsp3) is 0.923. The van der Waals surface area contributed by atoms with Gasteiger partial charge in [0.2, 0.25) is 0 Å². The van der Waals surface area contributed by atoms with Crippen molar-refractivity contribution in [2.45, 2.75) is 63.3 Å². The minimum atomic E-state index is -0.537. The zero-order valence-electron chi connectivity index (χ0n) is 10.6. The highest BCUT2D eigenvalue weighted by atomic mass is 16.8. The molecule has 8 unspecified atom stereocenters. The largest absolute Gasteiger partial charge is 0.509 e. The first-order chi connectivity index (χ1) is 8.74. The van der Waals surface area contributed by atoms with Gasteiger partial charge in [-0.1, -0.05) is 13.8 Å². The molecule has 0 saturated carbocycles. The third kappa shape index (κ3) is 1.17. The van der Waals surface area contributed by atoms with E-state index in [4.69, 9.17) is 18.9 Å². The smallest absolute Gasteiger partial charge is 0.424 e. The Bertz CT molecular complexity index is 352. The second-order valence-electron chi connectivity index (χ2n) is 5.66. The van der Waals surface area contributed by atoms with Gasteiger partial charge in [-0.05, 0) is 12.8 Å². The second-order valence-corrected chi connectivity index (χ2v) is 5.66. The van der Waals surface area contributed by atoms with Gasteiger partial charge in [0.15, 0.2) is 12.2 Å². The maximum atomic E-state index is 11.3. The summed E-state index contributed by atoms with van der Waals surface area (Å²) >= 11 is 0. The number of rotatable bonds is 2. The number of hydrogen-bond acceptors (Lipinski definition) is 5. The summed E-state index contributed by atoms with van der Waals surface area (Å²) in [6.07, 6.45) is 1.41. The van der Waals surface area contributed by atoms with E-state index in [1.165, 1.54) is 0 Å². The van der Waals surface area contributed by atoms with Crippen LogP contribution in [-0.4, -0.2) is 42.8 Å². The molecule has 0 N–H and O–H groups in total. The first-order valence-corrected chi connectivity index (χ1v) is 6.92. The Labute approximate surface area is 106 Å². The van der Waals surface area contributed by atoms with E-state index < -0.39 is 6.16 Å². The summed E-state index contributed by atoms with van der Waals surface area (Å²) in [7, 11) is 0. The van der Waals surface area contributed by atoms with E-state index in [9.17, 15) is 4.79 Å². The maximum Gasteiger partial charge on any atom is 0.509 e. The minimum absolute atomic E-state index is 0.0297. The Hall–Kier alpha value is -0.810. The quantitative estimate of drug-likeness (QED) is 0.699. The molecule has 0 amide bonds. The molecule has 5 nitrogen and oxygen atoms in total. The first-order valence-electron chi connectivity index (χ1n) is 6.92. The van der Waals surface area contributed by atoms with Gasteiger partial charge in [-0.25, -0.2) is 4.79 Å². The number of carbonyl (C=O) groups is 1. The second kappa shape index (κ2) is 3.61. The van der Waals surface area contributed by atoms with Crippen LogP contribution in [0.4, 0.5) is 4.79 Å². The van der Waals surface area contributed by atoms with Gasteiger partial charge in [0.1, 0.15) is 12.2 Å². The Balaban J connectivity index is 1.67. The van der Waals surface area contributed by atoms with Gasteiger partial charge in [-0.3, -0.25) is 0 Å². The molecule has 4 heterocycles. The Morgan fingerprint density at radius 3 is 1.78 bits per heavy atom. The molecule has 5 heteroatoms. The van der Waals surface area contributed by atoms with Crippen LogP contribution in [0.3, 0.4) is 0 Å². The summed E-state index contributed by atoms with van der Waals surface area (Å²) in [5, 5.41) is 0. The summed E-state index contributed by atoms with van der Waals surface area (Å²) in [6, 6.07) is 0. The van der Waals surface area contributed by atoms with E-state index in [0.717, 1.165) is 12.8 Å². The van der Waals surface area contributed by atoms with Crippen LogP contribution in [0.5, 0.6) is 0 Å². The van der Waals surface area contributed by atoms with Crippen LogP contribution in [0.1, 0.15) is 26.7 Å². The summed E-state index contributed by atoms with van der Waals surface area (Å²) in [5.74, 6) is 0.724. The number of hydrogen-bond donors (Lipinski definition) is 0. The molecule has 0 aromatic rings. The fourth-order valence-electron chi connectivity index (χ4n) is 4.35. The topological polar surface area (TPSA) is 54.0 Å². The van der Waals surface area contributed by atoms with E-state index in [-0.39, 0.29) is 36.6 Å². The van der Waals surface area contributed by atoms with Crippen molar-refractivity contribution in [3.8, 4) is 0 Å². The zero-order chi connectivity index (χ0) is 12.4.